The van der Waals surface area contributed by atoms with E-state index in [0.717, 1.165) is 13.0 Å². The summed E-state index contributed by atoms with van der Waals surface area (Å²) >= 11 is 0. The fourth-order valence-electron chi connectivity index (χ4n) is 1.93. The highest BCUT2D eigenvalue weighted by molar-refractivity contribution is 5.00. The maximum Gasteiger partial charge on any atom is 0.0627 e. The van der Waals surface area contributed by atoms with Gasteiger partial charge in [-0.25, -0.2) is 0 Å². The first-order valence-electron chi connectivity index (χ1n) is 7.07. The summed E-state index contributed by atoms with van der Waals surface area (Å²) in [6.07, 6.45) is 4.36. The van der Waals surface area contributed by atoms with Crippen molar-refractivity contribution in [1.82, 2.24) is 15.1 Å². The van der Waals surface area contributed by atoms with Crippen molar-refractivity contribution in [3.05, 3.63) is 18.0 Å². The summed E-state index contributed by atoms with van der Waals surface area (Å²) in [5.41, 5.74) is 1.44. The van der Waals surface area contributed by atoms with Crippen molar-refractivity contribution in [2.45, 2.75) is 66.0 Å². The van der Waals surface area contributed by atoms with Gasteiger partial charge in [0, 0.05) is 17.8 Å². The molecule has 0 saturated carbocycles. The van der Waals surface area contributed by atoms with Crippen LogP contribution in [-0.2, 0) is 6.42 Å². The summed E-state index contributed by atoms with van der Waals surface area (Å²) in [5, 5.41) is 8.14. The van der Waals surface area contributed by atoms with Gasteiger partial charge in [-0.15, -0.1) is 0 Å². The number of rotatable bonds is 6. The van der Waals surface area contributed by atoms with Crippen LogP contribution in [0.3, 0.4) is 0 Å². The van der Waals surface area contributed by atoms with Crippen LogP contribution in [-0.4, -0.2) is 21.9 Å². The van der Waals surface area contributed by atoms with Crippen LogP contribution in [0.4, 0.5) is 0 Å². The second-order valence-electron chi connectivity index (χ2n) is 6.66. The molecule has 0 fully saturated rings. The highest BCUT2D eigenvalue weighted by Gasteiger charge is 2.11. The van der Waals surface area contributed by atoms with E-state index in [-0.39, 0.29) is 5.54 Å². The smallest absolute Gasteiger partial charge is 0.0627 e. The Hall–Kier alpha value is -0.830. The summed E-state index contributed by atoms with van der Waals surface area (Å²) in [5.74, 6) is 0.676. The largest absolute Gasteiger partial charge is 0.312 e. The molecule has 104 valence electrons. The third kappa shape index (κ3) is 5.67. The number of nitrogens with zero attached hydrogens (tertiary/aromatic N) is 2. The zero-order chi connectivity index (χ0) is 13.8. The lowest BCUT2D eigenvalue weighted by Crippen LogP contribution is -2.37. The van der Waals surface area contributed by atoms with Crippen molar-refractivity contribution in [3.63, 3.8) is 0 Å². The zero-order valence-electron chi connectivity index (χ0n) is 12.8. The van der Waals surface area contributed by atoms with Crippen LogP contribution < -0.4 is 5.32 Å². The van der Waals surface area contributed by atoms with Gasteiger partial charge >= 0.3 is 0 Å². The molecule has 1 unspecified atom stereocenters. The van der Waals surface area contributed by atoms with Crippen molar-refractivity contribution in [2.24, 2.45) is 5.92 Å². The van der Waals surface area contributed by atoms with Crippen molar-refractivity contribution in [3.8, 4) is 0 Å². The van der Waals surface area contributed by atoms with E-state index in [1.807, 2.05) is 4.68 Å². The standard InChI is InChI=1S/C15H29N3/c1-12(2)18-10-8-14(17-18)11-13(3)7-9-16-15(4,5)6/h8,10,12-13,16H,7,9,11H2,1-6H3. The first-order valence-corrected chi connectivity index (χ1v) is 7.07. The van der Waals surface area contributed by atoms with E-state index in [1.54, 1.807) is 0 Å². The molecule has 0 aromatic carbocycles. The lowest BCUT2D eigenvalue weighted by atomic mass is 10.0. The predicted molar refractivity (Wildman–Crippen MR) is 77.9 cm³/mol. The first kappa shape index (κ1) is 15.2. The van der Waals surface area contributed by atoms with Crippen LogP contribution in [0, 0.1) is 5.92 Å². The maximum atomic E-state index is 4.60. The van der Waals surface area contributed by atoms with Gasteiger partial charge in [0.1, 0.15) is 0 Å². The van der Waals surface area contributed by atoms with Gasteiger partial charge in [0.15, 0.2) is 0 Å². The van der Waals surface area contributed by atoms with Gasteiger partial charge in [0.05, 0.1) is 5.69 Å². The van der Waals surface area contributed by atoms with Gasteiger partial charge in [-0.3, -0.25) is 4.68 Å². The average molecular weight is 251 g/mol. The quantitative estimate of drug-likeness (QED) is 0.839. The van der Waals surface area contributed by atoms with E-state index in [4.69, 9.17) is 0 Å². The third-order valence-electron chi connectivity index (χ3n) is 3.04. The van der Waals surface area contributed by atoms with E-state index >= 15 is 0 Å². The molecule has 1 N–H and O–H groups in total. The first-order chi connectivity index (χ1) is 8.28. The summed E-state index contributed by atoms with van der Waals surface area (Å²) in [4.78, 5) is 0. The Morgan fingerprint density at radius 1 is 1.28 bits per heavy atom. The van der Waals surface area contributed by atoms with E-state index < -0.39 is 0 Å². The van der Waals surface area contributed by atoms with Crippen molar-refractivity contribution < 1.29 is 0 Å². The Labute approximate surface area is 112 Å². The van der Waals surface area contributed by atoms with Crippen LogP contribution in [0.1, 0.15) is 59.7 Å². The summed E-state index contributed by atoms with van der Waals surface area (Å²) in [6.45, 7) is 14.3. The fourth-order valence-corrected chi connectivity index (χ4v) is 1.93. The normalized spacial score (nSPS) is 14.2. The molecule has 0 aliphatic carbocycles. The molecule has 0 saturated heterocycles. The van der Waals surface area contributed by atoms with E-state index in [2.05, 4.69) is 64.2 Å². The molecule has 0 aliphatic rings. The van der Waals surface area contributed by atoms with Crippen LogP contribution in [0.15, 0.2) is 12.3 Å². The molecule has 1 aromatic heterocycles. The Bertz CT molecular complexity index is 347. The van der Waals surface area contributed by atoms with Gasteiger partial charge in [-0.2, -0.15) is 5.10 Å². The zero-order valence-corrected chi connectivity index (χ0v) is 12.8. The summed E-state index contributed by atoms with van der Waals surface area (Å²) in [7, 11) is 0. The van der Waals surface area contributed by atoms with Crippen molar-refractivity contribution in [1.29, 1.82) is 0 Å². The number of aromatic nitrogens is 2. The second-order valence-corrected chi connectivity index (χ2v) is 6.66. The monoisotopic (exact) mass is 251 g/mol. The molecule has 0 spiro atoms. The lowest BCUT2D eigenvalue weighted by molar-refractivity contribution is 0.392. The second kappa shape index (κ2) is 6.37. The highest BCUT2D eigenvalue weighted by atomic mass is 15.3. The van der Waals surface area contributed by atoms with Crippen LogP contribution in [0.2, 0.25) is 0 Å². The molecule has 0 radical (unpaired) electrons. The van der Waals surface area contributed by atoms with Crippen molar-refractivity contribution in [2.75, 3.05) is 6.54 Å². The Balaban J connectivity index is 2.33. The van der Waals surface area contributed by atoms with Crippen LogP contribution in [0.25, 0.3) is 0 Å². The fraction of sp³-hybridized carbons (Fsp3) is 0.800. The number of nitrogens with one attached hydrogen (secondary N) is 1. The molecule has 0 amide bonds. The van der Waals surface area contributed by atoms with Gasteiger partial charge in [0.2, 0.25) is 0 Å². The predicted octanol–water partition coefficient (Wildman–Crippen LogP) is 3.42. The lowest BCUT2D eigenvalue weighted by Gasteiger charge is -2.21. The molecule has 1 heterocycles. The number of hydrogen-bond donors (Lipinski definition) is 1. The minimum atomic E-state index is 0.221. The summed E-state index contributed by atoms with van der Waals surface area (Å²) in [6, 6.07) is 2.60. The molecule has 3 heteroatoms. The molecule has 3 nitrogen and oxygen atoms in total. The Morgan fingerprint density at radius 3 is 2.44 bits per heavy atom. The van der Waals surface area contributed by atoms with E-state index in [0.29, 0.717) is 12.0 Å². The van der Waals surface area contributed by atoms with Gasteiger partial charge in [0.25, 0.3) is 0 Å². The minimum Gasteiger partial charge on any atom is -0.312 e. The average Bonchev–Trinajstić information content (AvgIpc) is 2.64. The third-order valence-corrected chi connectivity index (χ3v) is 3.04. The Kier molecular flexibility index (Phi) is 5.39. The molecule has 1 aromatic rings. The van der Waals surface area contributed by atoms with Gasteiger partial charge in [-0.05, 0) is 66.0 Å². The number of hydrogen-bond acceptors (Lipinski definition) is 2. The van der Waals surface area contributed by atoms with Crippen molar-refractivity contribution >= 4 is 0 Å². The minimum absolute atomic E-state index is 0.221. The molecule has 1 rings (SSSR count). The molecule has 0 aliphatic heterocycles. The highest BCUT2D eigenvalue weighted by Crippen LogP contribution is 2.12. The van der Waals surface area contributed by atoms with Crippen LogP contribution >= 0.6 is 0 Å². The molecule has 0 bridgehead atoms. The molecule has 1 atom stereocenters. The van der Waals surface area contributed by atoms with Gasteiger partial charge < -0.3 is 5.32 Å². The Morgan fingerprint density at radius 2 is 1.94 bits per heavy atom. The molecular formula is C15H29N3. The van der Waals surface area contributed by atoms with Gasteiger partial charge in [-0.1, -0.05) is 6.92 Å². The topological polar surface area (TPSA) is 29.9 Å². The molecular weight excluding hydrogens is 222 g/mol. The van der Waals surface area contributed by atoms with Crippen LogP contribution in [0.5, 0.6) is 0 Å². The molecule has 18 heavy (non-hydrogen) atoms. The summed E-state index contributed by atoms with van der Waals surface area (Å²) < 4.78 is 2.04. The SMILES string of the molecule is CC(CCNC(C)(C)C)Cc1ccn(C(C)C)n1. The van der Waals surface area contributed by atoms with E-state index in [1.165, 1.54) is 12.1 Å². The maximum absolute atomic E-state index is 4.60. The van der Waals surface area contributed by atoms with E-state index in [9.17, 15) is 0 Å².